The normalized spacial score (nSPS) is 20.7. The van der Waals surface area contributed by atoms with E-state index in [9.17, 15) is 5.11 Å². The number of rotatable bonds is 4. The van der Waals surface area contributed by atoms with Crippen LogP contribution < -0.4 is 0 Å². The number of benzene rings is 1. The number of hydrogen-bond acceptors (Lipinski definition) is 7. The van der Waals surface area contributed by atoms with Gasteiger partial charge in [-0.1, -0.05) is 18.2 Å². The molecule has 0 spiro atoms. The Morgan fingerprint density at radius 3 is 2.41 bits per heavy atom. The molecule has 3 heterocycles. The number of fused-ring (bicyclic) bond motifs is 1. The second kappa shape index (κ2) is 7.88. The summed E-state index contributed by atoms with van der Waals surface area (Å²) in [5.74, 6) is 0.374. The van der Waals surface area contributed by atoms with Gasteiger partial charge in [0.1, 0.15) is 0 Å². The molecule has 3 aromatic rings. The van der Waals surface area contributed by atoms with Crippen LogP contribution in [0.5, 0.6) is 5.88 Å². The first-order valence-corrected chi connectivity index (χ1v) is 9.81. The monoisotopic (exact) mass is 394 g/mol. The Morgan fingerprint density at radius 2 is 1.72 bits per heavy atom. The molecule has 2 unspecified atom stereocenters. The quantitative estimate of drug-likeness (QED) is 0.669. The summed E-state index contributed by atoms with van der Waals surface area (Å²) in [6.45, 7) is 9.96. The maximum atomic E-state index is 11.0. The molecule has 1 fully saturated rings. The molecule has 4 rings (SSSR count). The van der Waals surface area contributed by atoms with Gasteiger partial charge in [-0.05, 0) is 39.8 Å². The predicted octanol–water partition coefficient (Wildman–Crippen LogP) is 4.24. The zero-order valence-electron chi connectivity index (χ0n) is 17.2. The molecule has 152 valence electrons. The van der Waals surface area contributed by atoms with Gasteiger partial charge in [0.15, 0.2) is 5.69 Å². The Bertz CT molecular complexity index is 1030. The number of para-hydroxylation sites is 1. The highest BCUT2D eigenvalue weighted by Crippen LogP contribution is 2.39. The van der Waals surface area contributed by atoms with Crippen LogP contribution in [0.3, 0.4) is 0 Å². The van der Waals surface area contributed by atoms with Crippen LogP contribution in [0, 0.1) is 13.8 Å². The third kappa shape index (κ3) is 3.86. The maximum absolute atomic E-state index is 11.0. The van der Waals surface area contributed by atoms with Crippen LogP contribution in [-0.2, 0) is 11.4 Å². The van der Waals surface area contributed by atoms with Crippen molar-refractivity contribution in [1.82, 2.24) is 19.4 Å². The van der Waals surface area contributed by atoms with E-state index >= 15 is 0 Å². The molecular weight excluding hydrogens is 368 g/mol. The Balaban J connectivity index is 1.74. The first-order chi connectivity index (χ1) is 13.9. The number of ether oxygens (including phenoxy) is 1. The molecule has 0 bridgehead atoms. The SMILES string of the molecule is Cc1cc(C)nc(N=Nc2c(O)n(CN3C(C)COCC3C)c3ccccc23)n1. The Morgan fingerprint density at radius 1 is 1.07 bits per heavy atom. The molecule has 1 N–H and O–H groups in total. The summed E-state index contributed by atoms with van der Waals surface area (Å²) in [5, 5.41) is 20.4. The Kier molecular flexibility index (Phi) is 5.29. The molecule has 1 saturated heterocycles. The van der Waals surface area contributed by atoms with Gasteiger partial charge in [0.2, 0.25) is 5.88 Å². The summed E-state index contributed by atoms with van der Waals surface area (Å²) in [7, 11) is 0. The van der Waals surface area contributed by atoms with Gasteiger partial charge in [0.05, 0.1) is 25.4 Å². The number of aromatic hydroxyl groups is 1. The van der Waals surface area contributed by atoms with E-state index in [1.54, 1.807) is 0 Å². The lowest BCUT2D eigenvalue weighted by atomic mass is 10.2. The molecule has 0 amide bonds. The van der Waals surface area contributed by atoms with Gasteiger partial charge in [-0.3, -0.25) is 9.47 Å². The van der Waals surface area contributed by atoms with Crippen LogP contribution in [0.25, 0.3) is 10.9 Å². The zero-order valence-corrected chi connectivity index (χ0v) is 17.2. The number of nitrogens with zero attached hydrogens (tertiary/aromatic N) is 6. The maximum Gasteiger partial charge on any atom is 0.269 e. The van der Waals surface area contributed by atoms with Gasteiger partial charge in [0.25, 0.3) is 5.95 Å². The minimum atomic E-state index is 0.0882. The summed E-state index contributed by atoms with van der Waals surface area (Å²) >= 11 is 0. The van der Waals surface area contributed by atoms with Crippen LogP contribution >= 0.6 is 0 Å². The van der Waals surface area contributed by atoms with Crippen LogP contribution in [0.4, 0.5) is 11.6 Å². The number of aromatic nitrogens is 3. The van der Waals surface area contributed by atoms with Gasteiger partial charge in [0, 0.05) is 28.9 Å². The fourth-order valence-corrected chi connectivity index (χ4v) is 3.84. The second-order valence-electron chi connectivity index (χ2n) is 7.66. The molecule has 2 aromatic heterocycles. The molecule has 0 saturated carbocycles. The molecule has 1 aliphatic rings. The molecule has 0 aliphatic carbocycles. The fourth-order valence-electron chi connectivity index (χ4n) is 3.84. The van der Waals surface area contributed by atoms with Gasteiger partial charge >= 0.3 is 0 Å². The number of morpholine rings is 1. The number of azo groups is 1. The first kappa shape index (κ1) is 19.5. The highest BCUT2D eigenvalue weighted by atomic mass is 16.5. The van der Waals surface area contributed by atoms with E-state index in [1.807, 2.05) is 48.7 Å². The minimum absolute atomic E-state index is 0.0882. The highest BCUT2D eigenvalue weighted by Gasteiger charge is 2.27. The van der Waals surface area contributed by atoms with Crippen LogP contribution in [0.15, 0.2) is 40.6 Å². The van der Waals surface area contributed by atoms with E-state index in [2.05, 4.69) is 38.9 Å². The van der Waals surface area contributed by atoms with Gasteiger partial charge in [-0.2, -0.15) is 0 Å². The van der Waals surface area contributed by atoms with Crippen molar-refractivity contribution in [1.29, 1.82) is 0 Å². The van der Waals surface area contributed by atoms with Crippen molar-refractivity contribution in [2.24, 2.45) is 10.2 Å². The summed E-state index contributed by atoms with van der Waals surface area (Å²) in [5.41, 5.74) is 2.99. The molecule has 1 aromatic carbocycles. The van der Waals surface area contributed by atoms with Gasteiger partial charge in [-0.25, -0.2) is 9.97 Å². The van der Waals surface area contributed by atoms with Crippen molar-refractivity contribution in [2.75, 3.05) is 13.2 Å². The van der Waals surface area contributed by atoms with Gasteiger partial charge < -0.3 is 9.84 Å². The summed E-state index contributed by atoms with van der Waals surface area (Å²) in [6, 6.07) is 10.2. The third-order valence-corrected chi connectivity index (χ3v) is 5.28. The number of aryl methyl sites for hydroxylation is 2. The van der Waals surface area contributed by atoms with E-state index in [4.69, 9.17) is 4.74 Å². The van der Waals surface area contributed by atoms with E-state index in [0.717, 1.165) is 22.3 Å². The summed E-state index contributed by atoms with van der Waals surface area (Å²) in [4.78, 5) is 10.9. The van der Waals surface area contributed by atoms with Gasteiger partial charge in [-0.15, -0.1) is 10.2 Å². The topological polar surface area (TPSA) is 88.1 Å². The lowest BCUT2D eigenvalue weighted by Gasteiger charge is -2.39. The first-order valence-electron chi connectivity index (χ1n) is 9.81. The van der Waals surface area contributed by atoms with Crippen molar-refractivity contribution < 1.29 is 9.84 Å². The predicted molar refractivity (Wildman–Crippen MR) is 111 cm³/mol. The average molecular weight is 394 g/mol. The van der Waals surface area contributed by atoms with Crippen molar-refractivity contribution in [3.63, 3.8) is 0 Å². The molecular formula is C21H26N6O2. The van der Waals surface area contributed by atoms with Crippen LogP contribution in [0.1, 0.15) is 25.2 Å². The lowest BCUT2D eigenvalue weighted by molar-refractivity contribution is -0.0516. The van der Waals surface area contributed by atoms with Crippen LogP contribution in [0.2, 0.25) is 0 Å². The summed E-state index contributed by atoms with van der Waals surface area (Å²) in [6.07, 6.45) is 0. The molecule has 1 aliphatic heterocycles. The average Bonchev–Trinajstić information content (AvgIpc) is 2.93. The Hall–Kier alpha value is -2.84. The lowest BCUT2D eigenvalue weighted by Crippen LogP contribution is -2.49. The van der Waals surface area contributed by atoms with Crippen molar-refractivity contribution >= 4 is 22.5 Å². The zero-order chi connectivity index (χ0) is 20.5. The van der Waals surface area contributed by atoms with E-state index in [0.29, 0.717) is 25.6 Å². The smallest absolute Gasteiger partial charge is 0.269 e. The number of hydrogen-bond donors (Lipinski definition) is 1. The molecule has 0 radical (unpaired) electrons. The van der Waals surface area contributed by atoms with Crippen molar-refractivity contribution in [3.05, 3.63) is 41.7 Å². The highest BCUT2D eigenvalue weighted by molar-refractivity contribution is 5.94. The fraction of sp³-hybridized carbons (Fsp3) is 0.429. The van der Waals surface area contributed by atoms with E-state index < -0.39 is 0 Å². The standard InChI is InChI=1S/C21H26N6O2/c1-13-9-14(2)23-21(22-13)25-24-19-17-7-5-6-8-18(17)27(20(19)28)12-26-15(3)10-29-11-16(26)4/h5-9,15-16,28H,10-12H2,1-4H3. The van der Waals surface area contributed by atoms with E-state index in [-0.39, 0.29) is 23.9 Å². The third-order valence-electron chi connectivity index (χ3n) is 5.28. The second-order valence-corrected chi connectivity index (χ2v) is 7.66. The van der Waals surface area contributed by atoms with E-state index in [1.165, 1.54) is 0 Å². The minimum Gasteiger partial charge on any atom is -0.493 e. The van der Waals surface area contributed by atoms with Crippen LogP contribution in [-0.4, -0.2) is 49.8 Å². The Labute approximate surface area is 169 Å². The van der Waals surface area contributed by atoms with Crippen molar-refractivity contribution in [2.45, 2.75) is 46.4 Å². The molecule has 2 atom stereocenters. The molecule has 29 heavy (non-hydrogen) atoms. The molecule has 8 nitrogen and oxygen atoms in total. The van der Waals surface area contributed by atoms with Crippen molar-refractivity contribution in [3.8, 4) is 5.88 Å². The molecule has 8 heteroatoms. The largest absolute Gasteiger partial charge is 0.493 e. The summed E-state index contributed by atoms with van der Waals surface area (Å²) < 4.78 is 7.51.